The Labute approximate surface area is 206 Å². The van der Waals surface area contributed by atoms with Crippen molar-refractivity contribution < 1.29 is 4.79 Å². The zero-order valence-corrected chi connectivity index (χ0v) is 20.7. The number of rotatable bonds is 3. The molecular weight excluding hydrogens is 434 g/mol. The number of fused-ring (bicyclic) bond motifs is 3. The third kappa shape index (κ3) is 3.91. The highest BCUT2D eigenvalue weighted by Gasteiger charge is 2.32. The minimum absolute atomic E-state index is 0.0271. The topological polar surface area (TPSA) is 44.1 Å². The number of amides is 1. The van der Waals surface area contributed by atoms with Gasteiger partial charge in [0.15, 0.2) is 5.82 Å². The first-order valence-electron chi connectivity index (χ1n) is 12.8. The molecular formula is C29H33N5O. The van der Waals surface area contributed by atoms with Crippen LogP contribution in [0, 0.1) is 19.8 Å². The van der Waals surface area contributed by atoms with Gasteiger partial charge in [-0.15, -0.1) is 0 Å². The molecule has 0 N–H and O–H groups in total. The van der Waals surface area contributed by atoms with Gasteiger partial charge in [0.2, 0.25) is 5.91 Å². The molecule has 0 aliphatic carbocycles. The Bertz CT molecular complexity index is 1380. The average molecular weight is 468 g/mol. The van der Waals surface area contributed by atoms with Crippen LogP contribution in [0.1, 0.15) is 24.0 Å². The molecule has 4 aromatic rings. The minimum Gasteiger partial charge on any atom is -0.368 e. The van der Waals surface area contributed by atoms with Crippen molar-refractivity contribution in [2.24, 2.45) is 5.92 Å². The van der Waals surface area contributed by atoms with Gasteiger partial charge in [-0.1, -0.05) is 24.3 Å². The Hall–Kier alpha value is -3.54. The molecule has 0 bridgehead atoms. The maximum absolute atomic E-state index is 13.6. The lowest BCUT2D eigenvalue weighted by Gasteiger charge is -2.40. The largest absolute Gasteiger partial charge is 0.368 e. The molecule has 2 aromatic heterocycles. The molecule has 2 fully saturated rings. The van der Waals surface area contributed by atoms with E-state index >= 15 is 0 Å². The van der Waals surface area contributed by atoms with Crippen molar-refractivity contribution >= 4 is 34.0 Å². The summed E-state index contributed by atoms with van der Waals surface area (Å²) in [6, 6.07) is 19.0. The summed E-state index contributed by atoms with van der Waals surface area (Å²) in [5, 5.41) is 0. The van der Waals surface area contributed by atoms with Gasteiger partial charge in [-0.25, -0.2) is 4.98 Å². The highest BCUT2D eigenvalue weighted by molar-refractivity contribution is 5.86. The fraction of sp³-hybridized carbons (Fsp3) is 0.379. The number of piperazine rings is 1. The normalized spacial score (nSPS) is 19.0. The average Bonchev–Trinajstić information content (AvgIpc) is 3.40. The summed E-state index contributed by atoms with van der Waals surface area (Å²) in [5.41, 5.74) is 7.18. The van der Waals surface area contributed by atoms with E-state index in [1.165, 1.54) is 16.8 Å². The number of carbonyl (C=O) groups is 1. The van der Waals surface area contributed by atoms with Crippen molar-refractivity contribution in [3.05, 3.63) is 71.9 Å². The SMILES string of the molecule is Cc1cccc(N2CCN(C(=O)[C@H]3CCCN(c4nc5ccccc5n5cccc45)C3)CC2)c1C. The Morgan fingerprint density at radius 2 is 1.66 bits per heavy atom. The van der Waals surface area contributed by atoms with Crippen molar-refractivity contribution in [3.8, 4) is 0 Å². The number of aromatic nitrogens is 2. The van der Waals surface area contributed by atoms with Gasteiger partial charge in [-0.2, -0.15) is 0 Å². The number of carbonyl (C=O) groups excluding carboxylic acids is 1. The Morgan fingerprint density at radius 1 is 0.857 bits per heavy atom. The van der Waals surface area contributed by atoms with E-state index in [0.717, 1.165) is 74.5 Å². The molecule has 0 saturated carbocycles. The molecule has 0 unspecified atom stereocenters. The molecule has 1 amide bonds. The number of piperidine rings is 1. The summed E-state index contributed by atoms with van der Waals surface area (Å²) >= 11 is 0. The van der Waals surface area contributed by atoms with Crippen LogP contribution in [0.2, 0.25) is 0 Å². The van der Waals surface area contributed by atoms with Gasteiger partial charge in [0.25, 0.3) is 0 Å². The van der Waals surface area contributed by atoms with Crippen molar-refractivity contribution in [1.29, 1.82) is 0 Å². The van der Waals surface area contributed by atoms with Crippen LogP contribution in [0.15, 0.2) is 60.8 Å². The summed E-state index contributed by atoms with van der Waals surface area (Å²) in [6.07, 6.45) is 4.07. The third-order valence-electron chi connectivity index (χ3n) is 7.92. The Kier molecular flexibility index (Phi) is 5.59. The highest BCUT2D eigenvalue weighted by Crippen LogP contribution is 2.30. The molecule has 2 aliphatic heterocycles. The summed E-state index contributed by atoms with van der Waals surface area (Å²) in [6.45, 7) is 9.41. The number of hydrogen-bond acceptors (Lipinski definition) is 4. The van der Waals surface area contributed by atoms with Crippen LogP contribution in [0.5, 0.6) is 0 Å². The number of benzene rings is 2. The molecule has 1 atom stereocenters. The number of aryl methyl sites for hydroxylation is 1. The summed E-state index contributed by atoms with van der Waals surface area (Å²) in [4.78, 5) is 25.5. The fourth-order valence-electron chi connectivity index (χ4n) is 5.81. The highest BCUT2D eigenvalue weighted by atomic mass is 16.2. The van der Waals surface area contributed by atoms with Crippen LogP contribution >= 0.6 is 0 Å². The second kappa shape index (κ2) is 8.91. The first kappa shape index (κ1) is 22.0. The molecule has 6 heteroatoms. The minimum atomic E-state index is 0.0271. The molecule has 35 heavy (non-hydrogen) atoms. The molecule has 2 aliphatic rings. The van der Waals surface area contributed by atoms with Crippen LogP contribution in [-0.4, -0.2) is 59.5 Å². The molecule has 180 valence electrons. The summed E-state index contributed by atoms with van der Waals surface area (Å²) in [5.74, 6) is 1.33. The van der Waals surface area contributed by atoms with Gasteiger partial charge in [0.05, 0.1) is 22.5 Å². The first-order chi connectivity index (χ1) is 17.1. The van der Waals surface area contributed by atoms with E-state index in [1.54, 1.807) is 0 Å². The van der Waals surface area contributed by atoms with Gasteiger partial charge in [-0.3, -0.25) is 4.79 Å². The molecule has 6 nitrogen and oxygen atoms in total. The second-order valence-corrected chi connectivity index (χ2v) is 10.0. The van der Waals surface area contributed by atoms with E-state index in [4.69, 9.17) is 4.98 Å². The van der Waals surface area contributed by atoms with E-state index in [9.17, 15) is 4.79 Å². The monoisotopic (exact) mass is 467 g/mol. The van der Waals surface area contributed by atoms with Crippen molar-refractivity contribution in [1.82, 2.24) is 14.3 Å². The van der Waals surface area contributed by atoms with E-state index in [-0.39, 0.29) is 5.92 Å². The predicted molar refractivity (Wildman–Crippen MR) is 142 cm³/mol. The van der Waals surface area contributed by atoms with Crippen molar-refractivity contribution in [2.75, 3.05) is 49.1 Å². The lowest BCUT2D eigenvalue weighted by atomic mass is 9.96. The van der Waals surface area contributed by atoms with Crippen LogP contribution in [0.25, 0.3) is 16.6 Å². The van der Waals surface area contributed by atoms with Crippen molar-refractivity contribution in [2.45, 2.75) is 26.7 Å². The Balaban J connectivity index is 1.18. The quantitative estimate of drug-likeness (QED) is 0.439. The molecule has 0 radical (unpaired) electrons. The maximum atomic E-state index is 13.6. The van der Waals surface area contributed by atoms with Gasteiger partial charge in [-0.05, 0) is 68.1 Å². The van der Waals surface area contributed by atoms with Gasteiger partial charge in [0.1, 0.15) is 0 Å². The fourth-order valence-corrected chi connectivity index (χ4v) is 5.81. The molecule has 6 rings (SSSR count). The predicted octanol–water partition coefficient (Wildman–Crippen LogP) is 4.67. The van der Waals surface area contributed by atoms with E-state index in [0.29, 0.717) is 5.91 Å². The lowest BCUT2D eigenvalue weighted by Crippen LogP contribution is -2.52. The van der Waals surface area contributed by atoms with Gasteiger partial charge < -0.3 is 19.1 Å². The number of hydrogen-bond donors (Lipinski definition) is 0. The first-order valence-corrected chi connectivity index (χ1v) is 12.8. The Morgan fingerprint density at radius 3 is 2.51 bits per heavy atom. The van der Waals surface area contributed by atoms with E-state index < -0.39 is 0 Å². The molecule has 2 saturated heterocycles. The van der Waals surface area contributed by atoms with Crippen LogP contribution in [-0.2, 0) is 4.79 Å². The number of nitrogens with zero attached hydrogens (tertiary/aromatic N) is 5. The zero-order chi connectivity index (χ0) is 23.9. The van der Waals surface area contributed by atoms with Crippen LogP contribution < -0.4 is 9.80 Å². The standard InChI is InChI=1S/C29H33N5O/c1-21-8-5-12-25(22(21)2)31-16-18-32(19-17-31)29(35)23-9-6-14-33(20-23)28-27-13-7-15-34(27)26-11-4-3-10-24(26)30-28/h3-5,7-8,10-13,15,23H,6,9,14,16-20H2,1-2H3/t23-/m0/s1. The van der Waals surface area contributed by atoms with Crippen LogP contribution in [0.3, 0.4) is 0 Å². The summed E-state index contributed by atoms with van der Waals surface area (Å²) in [7, 11) is 0. The van der Waals surface area contributed by atoms with E-state index in [2.05, 4.69) is 87.7 Å². The molecule has 4 heterocycles. The number of para-hydroxylation sites is 2. The maximum Gasteiger partial charge on any atom is 0.227 e. The van der Waals surface area contributed by atoms with Crippen LogP contribution in [0.4, 0.5) is 11.5 Å². The second-order valence-electron chi connectivity index (χ2n) is 10.0. The lowest BCUT2D eigenvalue weighted by molar-refractivity contribution is -0.136. The third-order valence-corrected chi connectivity index (χ3v) is 7.92. The zero-order valence-electron chi connectivity index (χ0n) is 20.7. The van der Waals surface area contributed by atoms with Gasteiger partial charge >= 0.3 is 0 Å². The van der Waals surface area contributed by atoms with Gasteiger partial charge in [0, 0.05) is 51.2 Å². The molecule has 2 aromatic carbocycles. The summed E-state index contributed by atoms with van der Waals surface area (Å²) < 4.78 is 2.22. The molecule has 0 spiro atoms. The number of anilines is 2. The van der Waals surface area contributed by atoms with E-state index in [1.807, 2.05) is 6.07 Å². The van der Waals surface area contributed by atoms with Crippen molar-refractivity contribution in [3.63, 3.8) is 0 Å². The smallest absolute Gasteiger partial charge is 0.227 e.